The molecule has 0 bridgehead atoms. The van der Waals surface area contributed by atoms with Gasteiger partial charge in [-0.2, -0.15) is 0 Å². The van der Waals surface area contributed by atoms with Gasteiger partial charge in [-0.15, -0.1) is 5.10 Å². The van der Waals surface area contributed by atoms with Crippen molar-refractivity contribution >= 4 is 33.8 Å². The van der Waals surface area contributed by atoms with E-state index in [1.165, 1.54) is 0 Å². The maximum absolute atomic E-state index is 12.1. The summed E-state index contributed by atoms with van der Waals surface area (Å²) in [7, 11) is 1.65. The molecule has 1 amide bonds. The molecule has 2 aliphatic rings. The lowest BCUT2D eigenvalue weighted by Crippen LogP contribution is -2.40. The number of imidazole rings is 1. The number of carbonyl (C=O) groups is 1. The van der Waals surface area contributed by atoms with Crippen molar-refractivity contribution in [1.82, 2.24) is 29.5 Å². The van der Waals surface area contributed by atoms with E-state index in [-0.39, 0.29) is 11.9 Å². The van der Waals surface area contributed by atoms with Crippen LogP contribution in [0.15, 0.2) is 48.7 Å². The van der Waals surface area contributed by atoms with Crippen molar-refractivity contribution in [2.45, 2.75) is 38.4 Å². The van der Waals surface area contributed by atoms with Crippen LogP contribution in [0.4, 0.5) is 5.69 Å². The Hall–Kier alpha value is -4.67. The quantitative estimate of drug-likeness (QED) is 0.359. The van der Waals surface area contributed by atoms with Gasteiger partial charge in [-0.3, -0.25) is 4.79 Å². The highest BCUT2D eigenvalue weighted by Crippen LogP contribution is 2.39. The molecule has 198 valence electrons. The number of rotatable bonds is 6. The topological polar surface area (TPSA) is 126 Å². The average Bonchev–Trinajstić information content (AvgIpc) is 3.65. The van der Waals surface area contributed by atoms with E-state index in [0.717, 1.165) is 77.5 Å². The minimum atomic E-state index is -0.317. The zero-order valence-electron chi connectivity index (χ0n) is 21.6. The second-order valence-electron chi connectivity index (χ2n) is 9.98. The maximum Gasteiger partial charge on any atom is 0.240 e. The molecule has 1 fully saturated rings. The molecular weight excluding hydrogens is 496 g/mol. The minimum Gasteiger partial charge on any atom is -0.497 e. The van der Waals surface area contributed by atoms with Gasteiger partial charge in [0.05, 0.1) is 31.3 Å². The summed E-state index contributed by atoms with van der Waals surface area (Å²) in [4.78, 5) is 23.8. The molecule has 0 spiro atoms. The molecule has 0 aliphatic carbocycles. The van der Waals surface area contributed by atoms with Crippen molar-refractivity contribution in [3.8, 4) is 22.9 Å². The fourth-order valence-electron chi connectivity index (χ4n) is 5.75. The zero-order chi connectivity index (χ0) is 26.5. The van der Waals surface area contributed by atoms with Crippen LogP contribution in [0.25, 0.3) is 33.6 Å². The number of fused-ring (bicyclic) bond motifs is 1. The highest BCUT2D eigenvalue weighted by molar-refractivity contribution is 5.95. The SMILES string of the molecule is COc1ccc(Cn2nnc3c(-c4nc5cc(N6CCC[C@H]6C(N)=O)cc6c5n4CCCO6)ccnc32)cc1. The Kier molecular flexibility index (Phi) is 5.57. The van der Waals surface area contributed by atoms with Crippen molar-refractivity contribution < 1.29 is 14.3 Å². The summed E-state index contributed by atoms with van der Waals surface area (Å²) in [5, 5.41) is 8.96. The number of aromatic nitrogens is 6. The van der Waals surface area contributed by atoms with Crippen molar-refractivity contribution in [3.63, 3.8) is 0 Å². The van der Waals surface area contributed by atoms with E-state index in [1.54, 1.807) is 18.0 Å². The number of carbonyl (C=O) groups excluding carboxylic acids is 1. The van der Waals surface area contributed by atoms with Crippen LogP contribution >= 0.6 is 0 Å². The Morgan fingerprint density at radius 2 is 2.03 bits per heavy atom. The van der Waals surface area contributed by atoms with Crippen LogP contribution in [0, 0.1) is 0 Å². The van der Waals surface area contributed by atoms with Crippen molar-refractivity contribution in [2.75, 3.05) is 25.2 Å². The first kappa shape index (κ1) is 23.4. The molecule has 5 heterocycles. The van der Waals surface area contributed by atoms with Gasteiger partial charge in [-0.25, -0.2) is 14.6 Å². The molecule has 0 saturated carbocycles. The number of nitrogens with zero attached hydrogens (tertiary/aromatic N) is 7. The second-order valence-corrected chi connectivity index (χ2v) is 9.98. The monoisotopic (exact) mass is 524 g/mol. The maximum atomic E-state index is 12.1. The zero-order valence-corrected chi connectivity index (χ0v) is 21.6. The molecule has 7 rings (SSSR count). The first-order chi connectivity index (χ1) is 19.1. The van der Waals surface area contributed by atoms with Crippen LogP contribution < -0.4 is 20.1 Å². The molecule has 2 N–H and O–H groups in total. The van der Waals surface area contributed by atoms with E-state index in [4.69, 9.17) is 20.2 Å². The number of amides is 1. The molecule has 3 aromatic heterocycles. The number of hydrogen-bond donors (Lipinski definition) is 1. The van der Waals surface area contributed by atoms with Crippen LogP contribution in [0.1, 0.15) is 24.8 Å². The smallest absolute Gasteiger partial charge is 0.240 e. The molecule has 2 aliphatic heterocycles. The normalized spacial score (nSPS) is 16.9. The lowest BCUT2D eigenvalue weighted by Gasteiger charge is -2.25. The van der Waals surface area contributed by atoms with Gasteiger partial charge in [0.25, 0.3) is 0 Å². The number of ether oxygens (including phenoxy) is 2. The summed E-state index contributed by atoms with van der Waals surface area (Å²) in [5.41, 5.74) is 11.7. The summed E-state index contributed by atoms with van der Waals surface area (Å²) in [6.07, 6.45) is 4.29. The standard InChI is InChI=1S/C28H28N8O3/c1-38-19-7-5-17(6-8-19)16-36-28-24(32-33-36)20(9-10-30-28)27-31-21-14-18(34-11-2-4-22(34)26(29)37)15-23-25(21)35(27)12-3-13-39-23/h5-10,14-15,22H,2-4,11-13,16H2,1H3,(H2,29,37)/t22-/m0/s1. The number of hydrogen-bond acceptors (Lipinski definition) is 8. The summed E-state index contributed by atoms with van der Waals surface area (Å²) < 4.78 is 15.5. The van der Waals surface area contributed by atoms with E-state index in [1.807, 2.05) is 42.5 Å². The number of anilines is 1. The van der Waals surface area contributed by atoms with Crippen LogP contribution in [-0.2, 0) is 17.9 Å². The highest BCUT2D eigenvalue weighted by atomic mass is 16.5. The van der Waals surface area contributed by atoms with Gasteiger partial charge < -0.3 is 24.7 Å². The molecule has 1 atom stereocenters. The molecule has 5 aromatic rings. The summed E-state index contributed by atoms with van der Waals surface area (Å²) in [6.45, 7) is 2.66. The second kappa shape index (κ2) is 9.26. The van der Waals surface area contributed by atoms with Gasteiger partial charge in [-0.05, 0) is 49.1 Å². The van der Waals surface area contributed by atoms with Gasteiger partial charge in [0.1, 0.15) is 34.4 Å². The fourth-order valence-corrected chi connectivity index (χ4v) is 5.75. The number of nitrogens with two attached hydrogens (primary N) is 1. The summed E-state index contributed by atoms with van der Waals surface area (Å²) in [6, 6.07) is 13.5. The van der Waals surface area contributed by atoms with Crippen LogP contribution in [0.2, 0.25) is 0 Å². The summed E-state index contributed by atoms with van der Waals surface area (Å²) in [5.74, 6) is 2.07. The average molecular weight is 525 g/mol. The molecule has 11 nitrogen and oxygen atoms in total. The van der Waals surface area contributed by atoms with Crippen LogP contribution in [0.3, 0.4) is 0 Å². The Balaban J connectivity index is 1.32. The predicted octanol–water partition coefficient (Wildman–Crippen LogP) is 3.14. The Bertz CT molecular complexity index is 1710. The van der Waals surface area contributed by atoms with Crippen molar-refractivity contribution in [2.24, 2.45) is 5.73 Å². The third kappa shape index (κ3) is 3.92. The molecule has 2 aromatic carbocycles. The molecule has 1 saturated heterocycles. The number of benzene rings is 2. The van der Waals surface area contributed by atoms with E-state index in [2.05, 4.69) is 24.8 Å². The first-order valence-corrected chi connectivity index (χ1v) is 13.2. The molecule has 11 heteroatoms. The van der Waals surface area contributed by atoms with Gasteiger partial charge in [-0.1, -0.05) is 17.3 Å². The lowest BCUT2D eigenvalue weighted by molar-refractivity contribution is -0.119. The largest absolute Gasteiger partial charge is 0.497 e. The lowest BCUT2D eigenvalue weighted by atomic mass is 10.2. The number of aryl methyl sites for hydroxylation is 1. The molecular formula is C28H28N8O3. The Morgan fingerprint density at radius 1 is 1.15 bits per heavy atom. The third-order valence-corrected chi connectivity index (χ3v) is 7.62. The van der Waals surface area contributed by atoms with Gasteiger partial charge >= 0.3 is 0 Å². The number of primary amides is 1. The van der Waals surface area contributed by atoms with Gasteiger partial charge in [0.15, 0.2) is 5.65 Å². The Labute approximate surface area is 224 Å². The number of pyridine rings is 1. The molecule has 0 radical (unpaired) electrons. The van der Waals surface area contributed by atoms with Gasteiger partial charge in [0, 0.05) is 31.0 Å². The van der Waals surface area contributed by atoms with Crippen molar-refractivity contribution in [1.29, 1.82) is 0 Å². The number of methoxy groups -OCH3 is 1. The molecule has 39 heavy (non-hydrogen) atoms. The predicted molar refractivity (Wildman–Crippen MR) is 146 cm³/mol. The first-order valence-electron chi connectivity index (χ1n) is 13.2. The molecule has 0 unspecified atom stereocenters. The minimum absolute atomic E-state index is 0.303. The van der Waals surface area contributed by atoms with E-state index in [0.29, 0.717) is 24.3 Å². The summed E-state index contributed by atoms with van der Waals surface area (Å²) >= 11 is 0. The third-order valence-electron chi connectivity index (χ3n) is 7.62. The Morgan fingerprint density at radius 3 is 2.85 bits per heavy atom. The van der Waals surface area contributed by atoms with Crippen molar-refractivity contribution in [3.05, 3.63) is 54.2 Å². The van der Waals surface area contributed by atoms with Crippen LogP contribution in [-0.4, -0.2) is 61.7 Å². The highest BCUT2D eigenvalue weighted by Gasteiger charge is 2.31. The fraction of sp³-hybridized carbons (Fsp3) is 0.321. The van der Waals surface area contributed by atoms with Crippen LogP contribution in [0.5, 0.6) is 11.5 Å². The van der Waals surface area contributed by atoms with E-state index >= 15 is 0 Å². The van der Waals surface area contributed by atoms with Gasteiger partial charge in [0.2, 0.25) is 5.91 Å². The van der Waals surface area contributed by atoms with E-state index in [9.17, 15) is 4.79 Å². The van der Waals surface area contributed by atoms with E-state index < -0.39 is 0 Å².